The van der Waals surface area contributed by atoms with E-state index in [-0.39, 0.29) is 24.1 Å². The number of imidazole rings is 1. The van der Waals surface area contributed by atoms with E-state index >= 15 is 0 Å². The van der Waals surface area contributed by atoms with E-state index in [4.69, 9.17) is 19.3 Å². The summed E-state index contributed by atoms with van der Waals surface area (Å²) >= 11 is 0. The van der Waals surface area contributed by atoms with Crippen molar-refractivity contribution in [1.29, 1.82) is 5.26 Å². The lowest BCUT2D eigenvalue weighted by Crippen LogP contribution is -2.33. The van der Waals surface area contributed by atoms with E-state index in [1.807, 2.05) is 19.9 Å². The molecule has 3 rings (SSSR count). The first-order valence-corrected chi connectivity index (χ1v) is 10.5. The van der Waals surface area contributed by atoms with Gasteiger partial charge in [-0.15, -0.1) is 0 Å². The number of hydrogen-bond acceptors (Lipinski definition) is 10. The van der Waals surface area contributed by atoms with Crippen LogP contribution in [0.4, 0.5) is 5.82 Å². The summed E-state index contributed by atoms with van der Waals surface area (Å²) in [4.78, 5) is 30.1. The second kappa shape index (κ2) is 8.29. The van der Waals surface area contributed by atoms with E-state index in [1.54, 1.807) is 0 Å². The molecule has 2 aromatic heterocycles. The quantitative estimate of drug-likeness (QED) is 0.348. The van der Waals surface area contributed by atoms with Crippen molar-refractivity contribution in [3.63, 3.8) is 0 Å². The highest BCUT2D eigenvalue weighted by Gasteiger charge is 2.44. The summed E-state index contributed by atoms with van der Waals surface area (Å²) in [6.07, 6.45) is -4.41. The topological polar surface area (TPSA) is 196 Å². The van der Waals surface area contributed by atoms with Gasteiger partial charge in [-0.1, -0.05) is 0 Å². The molecule has 2 aromatic rings. The number of nitrogens with one attached hydrogen (secondary N) is 1. The van der Waals surface area contributed by atoms with Gasteiger partial charge in [0, 0.05) is 6.04 Å². The first-order chi connectivity index (χ1) is 13.6. The fraction of sp³-hybridized carbons (Fsp3) is 0.600. The van der Waals surface area contributed by atoms with Crippen LogP contribution in [0.3, 0.4) is 0 Å². The molecule has 5 N–H and O–H groups in total. The molecule has 0 saturated carbocycles. The third-order valence-corrected chi connectivity index (χ3v) is 4.62. The van der Waals surface area contributed by atoms with Gasteiger partial charge in [0.2, 0.25) is 5.82 Å². The van der Waals surface area contributed by atoms with E-state index in [9.17, 15) is 20.0 Å². The van der Waals surface area contributed by atoms with Gasteiger partial charge in [-0.05, 0) is 13.8 Å². The zero-order chi connectivity index (χ0) is 21.3. The van der Waals surface area contributed by atoms with E-state index in [0.29, 0.717) is 11.3 Å². The number of fused-ring (bicyclic) bond motifs is 1. The van der Waals surface area contributed by atoms with E-state index < -0.39 is 38.5 Å². The Morgan fingerprint density at radius 3 is 2.72 bits per heavy atom. The molecule has 0 spiro atoms. The zero-order valence-corrected chi connectivity index (χ0v) is 16.5. The molecule has 0 amide bonds. The predicted molar refractivity (Wildman–Crippen MR) is 97.6 cm³/mol. The Kier molecular flexibility index (Phi) is 6.16. The van der Waals surface area contributed by atoms with Gasteiger partial charge in [0.25, 0.3) is 0 Å². The van der Waals surface area contributed by atoms with Gasteiger partial charge >= 0.3 is 7.60 Å². The maximum absolute atomic E-state index is 10.9. The molecule has 0 bridgehead atoms. The Hall–Kier alpha value is -2.17. The van der Waals surface area contributed by atoms with E-state index in [0.717, 1.165) is 0 Å². The predicted octanol–water partition coefficient (Wildman–Crippen LogP) is -0.711. The van der Waals surface area contributed by atoms with Crippen molar-refractivity contribution in [3.05, 3.63) is 12.2 Å². The zero-order valence-electron chi connectivity index (χ0n) is 15.6. The van der Waals surface area contributed by atoms with Crippen LogP contribution in [0.5, 0.6) is 0 Å². The first-order valence-electron chi connectivity index (χ1n) is 8.66. The number of nitrogens with zero attached hydrogens (tertiary/aromatic N) is 5. The summed E-state index contributed by atoms with van der Waals surface area (Å²) in [6, 6.07) is 1.87. The minimum Gasteiger partial charge on any atom is -0.387 e. The number of ether oxygens (including phenoxy) is 2. The molecular weight excluding hydrogens is 407 g/mol. The molecule has 13 nitrogen and oxygen atoms in total. The molecule has 1 aliphatic rings. The number of aliphatic hydroxyl groups is 2. The van der Waals surface area contributed by atoms with Crippen LogP contribution < -0.4 is 5.32 Å². The summed E-state index contributed by atoms with van der Waals surface area (Å²) in [7, 11) is -4.37. The molecule has 0 radical (unpaired) electrons. The SMILES string of the molecule is CC(C)Nc1nc(C#N)nc2c1ncn2[C@@H]1O[C@H](COCP(=O)(O)O)[C@@H](O)[C@H]1O. The van der Waals surface area contributed by atoms with Gasteiger partial charge in [0.1, 0.15) is 30.7 Å². The first kappa shape index (κ1) is 21.5. The van der Waals surface area contributed by atoms with Crippen molar-refractivity contribution in [2.24, 2.45) is 0 Å². The van der Waals surface area contributed by atoms with E-state index in [1.165, 1.54) is 10.9 Å². The third kappa shape index (κ3) is 4.71. The molecule has 0 aliphatic carbocycles. The average molecular weight is 428 g/mol. The molecule has 4 atom stereocenters. The molecule has 0 aromatic carbocycles. The normalized spacial score (nSPS) is 24.9. The monoisotopic (exact) mass is 428 g/mol. The second-order valence-electron chi connectivity index (χ2n) is 6.84. The standard InChI is InChI=1S/C15H21N6O7P/c1-7(2)18-13-10-14(20-9(3-16)19-13)21(5-17-10)15-12(23)11(22)8(28-15)4-27-6-29(24,25)26/h5,7-8,11-12,15,22-23H,4,6H2,1-2H3,(H,18,19,20)(H2,24,25,26)/t8-,11-,12-,15-/m1/s1. The van der Waals surface area contributed by atoms with Gasteiger partial charge in [-0.3, -0.25) is 9.13 Å². The molecule has 29 heavy (non-hydrogen) atoms. The highest BCUT2D eigenvalue weighted by Crippen LogP contribution is 2.36. The Morgan fingerprint density at radius 2 is 2.10 bits per heavy atom. The molecule has 1 aliphatic heterocycles. The van der Waals surface area contributed by atoms with Crippen LogP contribution in [0.25, 0.3) is 11.2 Å². The van der Waals surface area contributed by atoms with E-state index in [2.05, 4.69) is 20.3 Å². The molecule has 3 heterocycles. The van der Waals surface area contributed by atoms with Crippen LogP contribution in [0, 0.1) is 11.3 Å². The van der Waals surface area contributed by atoms with Crippen LogP contribution in [0.1, 0.15) is 25.9 Å². The molecular formula is C15H21N6O7P. The summed E-state index contributed by atoms with van der Waals surface area (Å²) in [5, 5.41) is 32.9. The summed E-state index contributed by atoms with van der Waals surface area (Å²) < 4.78 is 22.8. The largest absolute Gasteiger partial charge is 0.387 e. The van der Waals surface area contributed by atoms with Crippen molar-refractivity contribution >= 4 is 24.6 Å². The van der Waals surface area contributed by atoms with Crippen LogP contribution >= 0.6 is 7.60 Å². The molecule has 1 saturated heterocycles. The molecule has 0 unspecified atom stereocenters. The number of rotatable bonds is 7. The minimum absolute atomic E-state index is 0.00971. The molecule has 1 fully saturated rings. The smallest absolute Gasteiger partial charge is 0.350 e. The fourth-order valence-electron chi connectivity index (χ4n) is 2.91. The number of hydrogen-bond donors (Lipinski definition) is 5. The summed E-state index contributed by atoms with van der Waals surface area (Å²) in [6.45, 7) is 3.43. The van der Waals surface area contributed by atoms with Gasteiger partial charge in [0.05, 0.1) is 12.9 Å². The summed E-state index contributed by atoms with van der Waals surface area (Å²) in [5.41, 5.74) is 0.567. The highest BCUT2D eigenvalue weighted by atomic mass is 31.2. The highest BCUT2D eigenvalue weighted by molar-refractivity contribution is 7.51. The van der Waals surface area contributed by atoms with Crippen LogP contribution in [0.15, 0.2) is 6.33 Å². The Labute approximate surface area is 165 Å². The van der Waals surface area contributed by atoms with Crippen molar-refractivity contribution in [2.45, 2.75) is 44.4 Å². The minimum atomic E-state index is -4.37. The number of aliphatic hydroxyl groups excluding tert-OH is 2. The van der Waals surface area contributed by atoms with Gasteiger partial charge < -0.3 is 34.8 Å². The molecule has 14 heteroatoms. The Balaban J connectivity index is 1.88. The molecule has 158 valence electrons. The lowest BCUT2D eigenvalue weighted by molar-refractivity contribution is -0.0612. The Morgan fingerprint density at radius 1 is 1.38 bits per heavy atom. The maximum atomic E-state index is 10.9. The van der Waals surface area contributed by atoms with Crippen molar-refractivity contribution in [3.8, 4) is 6.07 Å². The number of aromatic nitrogens is 4. The third-order valence-electron chi connectivity index (χ3n) is 4.10. The van der Waals surface area contributed by atoms with Crippen molar-refractivity contribution in [2.75, 3.05) is 18.3 Å². The lowest BCUT2D eigenvalue weighted by atomic mass is 10.1. The van der Waals surface area contributed by atoms with Crippen LogP contribution in [-0.2, 0) is 14.0 Å². The Bertz CT molecular complexity index is 970. The maximum Gasteiger partial charge on any atom is 0.350 e. The fourth-order valence-corrected chi connectivity index (χ4v) is 3.25. The van der Waals surface area contributed by atoms with Crippen LogP contribution in [0.2, 0.25) is 0 Å². The van der Waals surface area contributed by atoms with Crippen molar-refractivity contribution in [1.82, 2.24) is 19.5 Å². The average Bonchev–Trinajstić information content (AvgIpc) is 3.16. The van der Waals surface area contributed by atoms with Gasteiger partial charge in [0.15, 0.2) is 23.2 Å². The number of anilines is 1. The second-order valence-corrected chi connectivity index (χ2v) is 8.43. The lowest BCUT2D eigenvalue weighted by Gasteiger charge is -2.17. The van der Waals surface area contributed by atoms with Crippen molar-refractivity contribution < 1.29 is 34.0 Å². The number of nitriles is 1. The van der Waals surface area contributed by atoms with Gasteiger partial charge in [-0.2, -0.15) is 15.2 Å². The van der Waals surface area contributed by atoms with Gasteiger partial charge in [-0.25, -0.2) is 4.98 Å². The van der Waals surface area contributed by atoms with Crippen LogP contribution in [-0.4, -0.2) is 76.8 Å². The summed E-state index contributed by atoms with van der Waals surface area (Å²) in [5.74, 6) is 0.229.